The van der Waals surface area contributed by atoms with Crippen LogP contribution in [0.2, 0.25) is 0 Å². The van der Waals surface area contributed by atoms with Crippen LogP contribution in [-0.2, 0) is 3.42 Å². The van der Waals surface area contributed by atoms with Gasteiger partial charge >= 0.3 is 0 Å². The Hall–Kier alpha value is -1.27. The molecular formula is C23H30INO2. The SMILES string of the molecule is CCCC(CN1CCCCC1)C(I)(c1cccc(O)c1)c1cccc(O)c1. The van der Waals surface area contributed by atoms with Gasteiger partial charge in [-0.3, -0.25) is 0 Å². The molecule has 1 saturated heterocycles. The average Bonchev–Trinajstić information content (AvgIpc) is 2.68. The third-order valence-corrected chi connectivity index (χ3v) is 7.79. The van der Waals surface area contributed by atoms with Crippen LogP contribution < -0.4 is 0 Å². The zero-order valence-electron chi connectivity index (χ0n) is 16.1. The van der Waals surface area contributed by atoms with Gasteiger partial charge in [0.25, 0.3) is 0 Å². The van der Waals surface area contributed by atoms with Crippen molar-refractivity contribution in [2.45, 2.75) is 42.4 Å². The van der Waals surface area contributed by atoms with E-state index in [9.17, 15) is 10.2 Å². The van der Waals surface area contributed by atoms with Crippen molar-refractivity contribution in [2.24, 2.45) is 5.92 Å². The number of nitrogens with zero attached hydrogens (tertiary/aromatic N) is 1. The predicted molar refractivity (Wildman–Crippen MR) is 120 cm³/mol. The molecule has 1 aliphatic heterocycles. The monoisotopic (exact) mass is 479 g/mol. The third kappa shape index (κ3) is 4.77. The van der Waals surface area contributed by atoms with E-state index in [1.165, 1.54) is 32.4 Å². The van der Waals surface area contributed by atoms with Crippen LogP contribution in [0.5, 0.6) is 11.5 Å². The van der Waals surface area contributed by atoms with Crippen LogP contribution in [0.1, 0.15) is 50.2 Å². The molecule has 0 spiro atoms. The molecule has 27 heavy (non-hydrogen) atoms. The van der Waals surface area contributed by atoms with E-state index >= 15 is 0 Å². The van der Waals surface area contributed by atoms with Crippen molar-refractivity contribution in [3.05, 3.63) is 59.7 Å². The molecule has 2 aromatic carbocycles. The van der Waals surface area contributed by atoms with Gasteiger partial charge in [-0.2, -0.15) is 0 Å². The van der Waals surface area contributed by atoms with E-state index in [1.54, 1.807) is 12.1 Å². The van der Waals surface area contributed by atoms with Crippen molar-refractivity contribution in [1.82, 2.24) is 4.90 Å². The highest BCUT2D eigenvalue weighted by atomic mass is 127. The second-order valence-corrected chi connectivity index (χ2v) is 9.36. The number of halogens is 1. The van der Waals surface area contributed by atoms with Crippen LogP contribution in [0.4, 0.5) is 0 Å². The van der Waals surface area contributed by atoms with Crippen LogP contribution in [0, 0.1) is 5.92 Å². The van der Waals surface area contributed by atoms with Gasteiger partial charge in [0.2, 0.25) is 0 Å². The van der Waals surface area contributed by atoms with Crippen LogP contribution in [0.15, 0.2) is 48.5 Å². The highest BCUT2D eigenvalue weighted by Crippen LogP contribution is 2.49. The quantitative estimate of drug-likeness (QED) is 0.397. The summed E-state index contributed by atoms with van der Waals surface area (Å²) in [7, 11) is 0. The first kappa shape index (κ1) is 20.5. The van der Waals surface area contributed by atoms with E-state index in [-0.39, 0.29) is 3.42 Å². The Balaban J connectivity index is 2.05. The lowest BCUT2D eigenvalue weighted by Gasteiger charge is -2.41. The summed E-state index contributed by atoms with van der Waals surface area (Å²) in [6.07, 6.45) is 6.12. The van der Waals surface area contributed by atoms with Crippen molar-refractivity contribution in [3.8, 4) is 11.5 Å². The van der Waals surface area contributed by atoms with Crippen LogP contribution in [0.25, 0.3) is 0 Å². The molecule has 146 valence electrons. The minimum atomic E-state index is -0.303. The van der Waals surface area contributed by atoms with Gasteiger partial charge in [0.05, 0.1) is 3.42 Å². The number of alkyl halides is 1. The lowest BCUT2D eigenvalue weighted by atomic mass is 9.77. The van der Waals surface area contributed by atoms with Gasteiger partial charge in [-0.1, -0.05) is 66.6 Å². The Bertz CT molecular complexity index is 697. The maximum Gasteiger partial charge on any atom is 0.115 e. The molecule has 0 radical (unpaired) electrons. The summed E-state index contributed by atoms with van der Waals surface area (Å²) >= 11 is 2.57. The molecular weight excluding hydrogens is 449 g/mol. The van der Waals surface area contributed by atoms with E-state index in [4.69, 9.17) is 0 Å². The molecule has 0 amide bonds. The maximum absolute atomic E-state index is 10.1. The smallest absolute Gasteiger partial charge is 0.115 e. The Morgan fingerprint density at radius 2 is 1.52 bits per heavy atom. The first-order chi connectivity index (χ1) is 13.0. The molecule has 2 aromatic rings. The summed E-state index contributed by atoms with van der Waals surface area (Å²) in [6, 6.07) is 15.3. The van der Waals surface area contributed by atoms with Crippen molar-refractivity contribution < 1.29 is 10.2 Å². The predicted octanol–water partition coefficient (Wildman–Crippen LogP) is 5.68. The molecule has 0 saturated carbocycles. The largest absolute Gasteiger partial charge is 0.508 e. The van der Waals surface area contributed by atoms with Crippen molar-refractivity contribution >= 4 is 22.6 Å². The van der Waals surface area contributed by atoms with E-state index in [0.717, 1.165) is 30.5 Å². The number of hydrogen-bond donors (Lipinski definition) is 2. The molecule has 3 nitrogen and oxygen atoms in total. The minimum absolute atomic E-state index is 0.293. The van der Waals surface area contributed by atoms with Gasteiger partial charge in [-0.25, -0.2) is 0 Å². The van der Waals surface area contributed by atoms with Gasteiger partial charge in [0.15, 0.2) is 0 Å². The highest BCUT2D eigenvalue weighted by molar-refractivity contribution is 14.1. The molecule has 1 unspecified atom stereocenters. The number of rotatable bonds is 7. The second kappa shape index (κ2) is 9.28. The summed E-state index contributed by atoms with van der Waals surface area (Å²) in [5, 5.41) is 20.3. The van der Waals surface area contributed by atoms with E-state index in [2.05, 4.69) is 46.5 Å². The van der Waals surface area contributed by atoms with Crippen molar-refractivity contribution in [2.75, 3.05) is 19.6 Å². The number of phenolic OH excluding ortho intramolecular Hbond substituents is 2. The normalized spacial score (nSPS) is 17.0. The van der Waals surface area contributed by atoms with E-state index < -0.39 is 0 Å². The summed E-state index contributed by atoms with van der Waals surface area (Å²) in [6.45, 7) is 5.63. The summed E-state index contributed by atoms with van der Waals surface area (Å²) in [4.78, 5) is 2.60. The van der Waals surface area contributed by atoms with Gasteiger partial charge in [-0.15, -0.1) is 0 Å². The standard InChI is InChI=1S/C23H30INO2/c1-2-8-20(17-25-13-4-3-5-14-25)23(24,18-9-6-11-21(26)15-18)19-10-7-12-22(27)16-19/h6-7,9-12,15-16,20,26-27H,2-5,8,13-14,17H2,1H3. The molecule has 2 N–H and O–H groups in total. The van der Waals surface area contributed by atoms with Crippen molar-refractivity contribution in [1.29, 1.82) is 0 Å². The first-order valence-electron chi connectivity index (χ1n) is 10.0. The lowest BCUT2D eigenvalue weighted by molar-refractivity contribution is 0.179. The molecule has 1 heterocycles. The van der Waals surface area contributed by atoms with Crippen LogP contribution in [-0.4, -0.2) is 34.7 Å². The minimum Gasteiger partial charge on any atom is -0.508 e. The number of piperidine rings is 1. The molecule has 0 aromatic heterocycles. The molecule has 4 heteroatoms. The fourth-order valence-corrected chi connectivity index (χ4v) is 5.50. The number of hydrogen-bond acceptors (Lipinski definition) is 3. The van der Waals surface area contributed by atoms with Crippen molar-refractivity contribution in [3.63, 3.8) is 0 Å². The molecule has 1 aliphatic rings. The molecule has 0 bridgehead atoms. The van der Waals surface area contributed by atoms with Gasteiger partial charge in [-0.05, 0) is 73.7 Å². The zero-order chi connectivity index (χ0) is 19.3. The molecule has 1 fully saturated rings. The molecule has 3 rings (SSSR count). The topological polar surface area (TPSA) is 43.7 Å². The van der Waals surface area contributed by atoms with E-state index in [1.807, 2.05) is 24.3 Å². The van der Waals surface area contributed by atoms with Gasteiger partial charge < -0.3 is 15.1 Å². The molecule has 0 aliphatic carbocycles. The number of likely N-dealkylation sites (tertiary alicyclic amines) is 1. The number of phenols is 2. The van der Waals surface area contributed by atoms with Gasteiger partial charge in [0, 0.05) is 6.54 Å². The van der Waals surface area contributed by atoms with E-state index in [0.29, 0.717) is 17.4 Å². The highest BCUT2D eigenvalue weighted by Gasteiger charge is 2.40. The Morgan fingerprint density at radius 3 is 2.00 bits per heavy atom. The third-order valence-electron chi connectivity index (χ3n) is 5.66. The Kier molecular flexibility index (Phi) is 7.04. The number of benzene rings is 2. The fraction of sp³-hybridized carbons (Fsp3) is 0.478. The Morgan fingerprint density at radius 1 is 0.963 bits per heavy atom. The Labute approximate surface area is 176 Å². The molecule has 1 atom stereocenters. The first-order valence-corrected chi connectivity index (χ1v) is 11.1. The zero-order valence-corrected chi connectivity index (χ0v) is 18.2. The fourth-order valence-electron chi connectivity index (χ4n) is 4.32. The number of aromatic hydroxyl groups is 2. The summed E-state index contributed by atoms with van der Waals surface area (Å²) in [5.74, 6) is 0.980. The maximum atomic E-state index is 10.1. The lowest BCUT2D eigenvalue weighted by Crippen LogP contribution is -2.41. The van der Waals surface area contributed by atoms with Gasteiger partial charge in [0.1, 0.15) is 11.5 Å². The average molecular weight is 479 g/mol. The summed E-state index contributed by atoms with van der Waals surface area (Å²) < 4.78 is -0.303. The van der Waals surface area contributed by atoms with Crippen LogP contribution >= 0.6 is 22.6 Å². The second-order valence-electron chi connectivity index (χ2n) is 7.66. The van der Waals surface area contributed by atoms with Crippen LogP contribution in [0.3, 0.4) is 0 Å². The summed E-state index contributed by atoms with van der Waals surface area (Å²) in [5.41, 5.74) is 2.20.